The highest BCUT2D eigenvalue weighted by Crippen LogP contribution is 2.33. The molecule has 10 heteroatoms. The maximum atomic E-state index is 13.9. The van der Waals surface area contributed by atoms with Gasteiger partial charge in [-0.2, -0.15) is 0 Å². The summed E-state index contributed by atoms with van der Waals surface area (Å²) in [5.74, 6) is -0.596. The molecule has 8 nitrogen and oxygen atoms in total. The zero-order valence-electron chi connectivity index (χ0n) is 18.7. The molecule has 2 N–H and O–H groups in total. The van der Waals surface area contributed by atoms with E-state index in [4.69, 9.17) is 16.3 Å². The van der Waals surface area contributed by atoms with Gasteiger partial charge in [0, 0.05) is 50.6 Å². The van der Waals surface area contributed by atoms with Crippen LogP contribution < -0.4 is 5.32 Å². The molecule has 1 aromatic carbocycles. The summed E-state index contributed by atoms with van der Waals surface area (Å²) in [6.07, 6.45) is 3.27. The first-order chi connectivity index (χ1) is 16.3. The van der Waals surface area contributed by atoms with Crippen molar-refractivity contribution in [3.05, 3.63) is 70.4 Å². The maximum Gasteiger partial charge on any atom is 0.271 e. The van der Waals surface area contributed by atoms with Crippen LogP contribution in [-0.2, 0) is 29.2 Å². The van der Waals surface area contributed by atoms with E-state index in [-0.39, 0.29) is 37.6 Å². The number of nitrogens with one attached hydrogen (secondary N) is 1. The van der Waals surface area contributed by atoms with Crippen molar-refractivity contribution in [2.24, 2.45) is 0 Å². The highest BCUT2D eigenvalue weighted by molar-refractivity contribution is 6.33. The predicted molar refractivity (Wildman–Crippen MR) is 125 cm³/mol. The summed E-state index contributed by atoms with van der Waals surface area (Å²) in [7, 11) is 1.56. The van der Waals surface area contributed by atoms with Crippen LogP contribution in [0.4, 0.5) is 10.2 Å². The number of rotatable bonds is 7. The molecule has 2 aromatic heterocycles. The molecular formula is C24H24ClFN4O4. The Morgan fingerprint density at radius 3 is 2.82 bits per heavy atom. The first kappa shape index (κ1) is 23.9. The van der Waals surface area contributed by atoms with E-state index in [2.05, 4.69) is 10.3 Å². The Kier molecular flexibility index (Phi) is 6.97. The number of benzene rings is 1. The van der Waals surface area contributed by atoms with Crippen LogP contribution in [0.5, 0.6) is 0 Å². The Balaban J connectivity index is 1.70. The minimum atomic E-state index is -0.437. The molecule has 34 heavy (non-hydrogen) atoms. The van der Waals surface area contributed by atoms with Crippen LogP contribution in [0.2, 0.25) is 5.02 Å². The molecule has 3 heterocycles. The lowest BCUT2D eigenvalue weighted by molar-refractivity contribution is -0.114. The van der Waals surface area contributed by atoms with Crippen molar-refractivity contribution in [3.63, 3.8) is 0 Å². The largest absolute Gasteiger partial charge is 0.392 e. The molecular weight excluding hydrogens is 463 g/mol. The zero-order valence-corrected chi connectivity index (χ0v) is 19.5. The number of hydrogen-bond acceptors (Lipinski definition) is 5. The molecule has 1 atom stereocenters. The number of nitrogens with zero attached hydrogens (tertiary/aromatic N) is 3. The molecule has 178 valence electrons. The predicted octanol–water partition coefficient (Wildman–Crippen LogP) is 3.46. The van der Waals surface area contributed by atoms with Gasteiger partial charge in [0.15, 0.2) is 0 Å². The van der Waals surface area contributed by atoms with E-state index in [1.54, 1.807) is 24.1 Å². The summed E-state index contributed by atoms with van der Waals surface area (Å²) < 4.78 is 21.1. The van der Waals surface area contributed by atoms with Crippen LogP contribution in [0.1, 0.15) is 28.5 Å². The number of ether oxygens (including phenoxy) is 1. The van der Waals surface area contributed by atoms with E-state index in [1.165, 1.54) is 31.3 Å². The third-order valence-electron chi connectivity index (χ3n) is 5.73. The molecule has 1 aliphatic rings. The summed E-state index contributed by atoms with van der Waals surface area (Å²) in [5, 5.41) is 12.7. The van der Waals surface area contributed by atoms with E-state index < -0.39 is 5.82 Å². The zero-order chi connectivity index (χ0) is 24.4. The molecule has 0 fully saturated rings. The number of aliphatic hydroxyl groups is 1. The number of fused-ring (bicyclic) bond motifs is 1. The monoisotopic (exact) mass is 486 g/mol. The topological polar surface area (TPSA) is 96.7 Å². The number of anilines is 1. The second-order valence-electron chi connectivity index (χ2n) is 8.11. The molecule has 0 radical (unpaired) electrons. The number of halogens is 2. The van der Waals surface area contributed by atoms with Crippen molar-refractivity contribution in [3.8, 4) is 11.1 Å². The number of carbonyl (C=O) groups is 2. The van der Waals surface area contributed by atoms with Gasteiger partial charge in [-0.25, -0.2) is 9.37 Å². The summed E-state index contributed by atoms with van der Waals surface area (Å²) in [5.41, 5.74) is 2.86. The van der Waals surface area contributed by atoms with E-state index in [0.29, 0.717) is 45.3 Å². The van der Waals surface area contributed by atoms with Crippen molar-refractivity contribution in [1.82, 2.24) is 14.5 Å². The van der Waals surface area contributed by atoms with Gasteiger partial charge in [0.2, 0.25) is 5.91 Å². The Morgan fingerprint density at radius 2 is 2.12 bits per heavy atom. The number of amides is 2. The number of methoxy groups -OCH3 is 1. The van der Waals surface area contributed by atoms with Crippen molar-refractivity contribution >= 4 is 29.2 Å². The molecule has 0 bridgehead atoms. The molecule has 0 saturated carbocycles. The van der Waals surface area contributed by atoms with Gasteiger partial charge in [0.1, 0.15) is 17.3 Å². The number of aliphatic hydroxyl groups excluding tert-OH is 1. The van der Waals surface area contributed by atoms with Gasteiger partial charge in [0.05, 0.1) is 24.3 Å². The van der Waals surface area contributed by atoms with Crippen molar-refractivity contribution < 1.29 is 23.8 Å². The van der Waals surface area contributed by atoms with Gasteiger partial charge in [-0.3, -0.25) is 9.59 Å². The average Bonchev–Trinajstić information content (AvgIpc) is 3.22. The molecule has 4 rings (SSSR count). The Morgan fingerprint density at radius 1 is 1.32 bits per heavy atom. The van der Waals surface area contributed by atoms with E-state index in [0.717, 1.165) is 0 Å². The third kappa shape index (κ3) is 4.82. The molecule has 0 saturated heterocycles. The highest BCUT2D eigenvalue weighted by atomic mass is 35.5. The second kappa shape index (κ2) is 9.92. The van der Waals surface area contributed by atoms with Crippen LogP contribution in [0.15, 0.2) is 42.7 Å². The standard InChI is InChI=1S/C24H24ClFN4O4/c1-14(32)28-23-7-20(21(25)8-27-23)17-6-22-24(33)30(19(13-34-2)11-29(22)9-17)10-16-5-18(26)4-3-15(16)12-31/h3-9,19,31H,10-13H2,1-2H3,(H,27,28,32). The van der Waals surface area contributed by atoms with Crippen LogP contribution in [0.25, 0.3) is 11.1 Å². The smallest absolute Gasteiger partial charge is 0.271 e. The fraction of sp³-hybridized carbons (Fsp3) is 0.292. The van der Waals surface area contributed by atoms with E-state index in [1.807, 2.05) is 10.8 Å². The van der Waals surface area contributed by atoms with Crippen LogP contribution in [0, 0.1) is 5.82 Å². The second-order valence-corrected chi connectivity index (χ2v) is 8.52. The fourth-order valence-corrected chi connectivity index (χ4v) is 4.36. The molecule has 2 amide bonds. The minimum absolute atomic E-state index is 0.129. The third-order valence-corrected chi connectivity index (χ3v) is 6.03. The van der Waals surface area contributed by atoms with E-state index in [9.17, 15) is 19.1 Å². The number of aromatic nitrogens is 2. The molecule has 1 aliphatic heterocycles. The summed E-state index contributed by atoms with van der Waals surface area (Å²) in [4.78, 5) is 30.7. The van der Waals surface area contributed by atoms with Crippen molar-refractivity contribution in [2.45, 2.75) is 32.7 Å². The van der Waals surface area contributed by atoms with Gasteiger partial charge in [-0.15, -0.1) is 0 Å². The Bertz CT molecular complexity index is 1250. The molecule has 0 aliphatic carbocycles. The SMILES string of the molecule is COCC1Cn2cc(-c3cc(NC(C)=O)ncc3Cl)cc2C(=O)N1Cc1cc(F)ccc1CO. The van der Waals surface area contributed by atoms with Crippen molar-refractivity contribution in [2.75, 3.05) is 19.0 Å². The van der Waals surface area contributed by atoms with Crippen LogP contribution in [-0.4, -0.2) is 51.1 Å². The summed E-state index contributed by atoms with van der Waals surface area (Å²) >= 11 is 6.37. The van der Waals surface area contributed by atoms with Crippen molar-refractivity contribution in [1.29, 1.82) is 0 Å². The first-order valence-electron chi connectivity index (χ1n) is 10.6. The lowest BCUT2D eigenvalue weighted by atomic mass is 10.0. The Hall–Kier alpha value is -3.27. The lowest BCUT2D eigenvalue weighted by Crippen LogP contribution is -2.49. The van der Waals surface area contributed by atoms with Gasteiger partial charge in [-0.1, -0.05) is 17.7 Å². The highest BCUT2D eigenvalue weighted by Gasteiger charge is 2.33. The number of pyridine rings is 1. The normalized spacial score (nSPS) is 15.4. The van der Waals surface area contributed by atoms with Gasteiger partial charge < -0.3 is 24.6 Å². The molecule has 0 spiro atoms. The van der Waals surface area contributed by atoms with Crippen LogP contribution in [0.3, 0.4) is 0 Å². The maximum absolute atomic E-state index is 13.9. The Labute approximate surface area is 200 Å². The minimum Gasteiger partial charge on any atom is -0.392 e. The van der Waals surface area contributed by atoms with Gasteiger partial charge >= 0.3 is 0 Å². The quantitative estimate of drug-likeness (QED) is 0.533. The first-order valence-corrected chi connectivity index (χ1v) is 11.0. The van der Waals surface area contributed by atoms with Gasteiger partial charge in [0.25, 0.3) is 5.91 Å². The summed E-state index contributed by atoms with van der Waals surface area (Å²) in [6, 6.07) is 7.22. The van der Waals surface area contributed by atoms with Gasteiger partial charge in [-0.05, 0) is 35.4 Å². The fourth-order valence-electron chi connectivity index (χ4n) is 4.15. The van der Waals surface area contributed by atoms with Crippen LogP contribution >= 0.6 is 11.6 Å². The number of carbonyl (C=O) groups excluding carboxylic acids is 2. The molecule has 3 aromatic rings. The number of hydrogen-bond donors (Lipinski definition) is 2. The van der Waals surface area contributed by atoms with E-state index >= 15 is 0 Å². The summed E-state index contributed by atoms with van der Waals surface area (Å²) in [6.45, 7) is 2.00. The average molecular weight is 487 g/mol. The molecule has 1 unspecified atom stereocenters. The lowest BCUT2D eigenvalue weighted by Gasteiger charge is -2.36.